The van der Waals surface area contributed by atoms with Crippen molar-refractivity contribution in [2.75, 3.05) is 13.1 Å². The van der Waals surface area contributed by atoms with Crippen LogP contribution in [0.25, 0.3) is 0 Å². The van der Waals surface area contributed by atoms with Gasteiger partial charge in [-0.05, 0) is 38.5 Å². The van der Waals surface area contributed by atoms with E-state index in [1.54, 1.807) is 11.3 Å². The van der Waals surface area contributed by atoms with E-state index in [1.807, 2.05) is 0 Å². The van der Waals surface area contributed by atoms with Crippen LogP contribution in [0.15, 0.2) is 0 Å². The normalized spacial score (nSPS) is 30.1. The quantitative estimate of drug-likeness (QED) is 0.892. The molecule has 1 aromatic rings. The molecule has 0 amide bonds. The maximum absolute atomic E-state index is 6.25. The van der Waals surface area contributed by atoms with E-state index in [1.165, 1.54) is 35.0 Å². The van der Waals surface area contributed by atoms with Crippen molar-refractivity contribution < 1.29 is 0 Å². The Balaban J connectivity index is 1.64. The van der Waals surface area contributed by atoms with Gasteiger partial charge in [-0.1, -0.05) is 0 Å². The average Bonchev–Trinajstić information content (AvgIpc) is 2.96. The predicted molar refractivity (Wildman–Crippen MR) is 71.1 cm³/mol. The van der Waals surface area contributed by atoms with Gasteiger partial charge < -0.3 is 5.73 Å². The molecule has 2 heterocycles. The van der Waals surface area contributed by atoms with E-state index in [9.17, 15) is 0 Å². The molecule has 0 aromatic carbocycles. The van der Waals surface area contributed by atoms with Gasteiger partial charge in [0.1, 0.15) is 0 Å². The molecular weight excluding hydrogens is 230 g/mol. The van der Waals surface area contributed by atoms with E-state index in [-0.39, 0.29) is 0 Å². The Morgan fingerprint density at radius 2 is 2.12 bits per heavy atom. The smallest absolute Gasteiger partial charge is 0.0900 e. The number of hydrogen-bond donors (Lipinski definition) is 1. The highest BCUT2D eigenvalue weighted by Gasteiger charge is 2.40. The molecule has 94 valence electrons. The van der Waals surface area contributed by atoms with Gasteiger partial charge >= 0.3 is 0 Å². The van der Waals surface area contributed by atoms with Crippen LogP contribution in [0.2, 0.25) is 0 Å². The van der Waals surface area contributed by atoms with Crippen LogP contribution in [0.4, 0.5) is 0 Å². The van der Waals surface area contributed by atoms with Gasteiger partial charge in [0, 0.05) is 30.6 Å². The number of thiazole rings is 1. The summed E-state index contributed by atoms with van der Waals surface area (Å²) >= 11 is 1.80. The second kappa shape index (κ2) is 4.34. The van der Waals surface area contributed by atoms with Crippen LogP contribution in [0.5, 0.6) is 0 Å². The summed E-state index contributed by atoms with van der Waals surface area (Å²) in [5, 5.41) is 1.18. The Morgan fingerprint density at radius 3 is 2.71 bits per heavy atom. The number of nitrogens with zero attached hydrogens (tertiary/aromatic N) is 2. The molecule has 0 spiro atoms. The third-order valence-electron chi connectivity index (χ3n) is 4.09. The SMILES string of the molecule is Cc1nc(CN2C[C@H](C3CC3)[C@@H](N)C2)c(C)s1. The summed E-state index contributed by atoms with van der Waals surface area (Å²) < 4.78 is 0. The Morgan fingerprint density at radius 1 is 1.35 bits per heavy atom. The Kier molecular flexibility index (Phi) is 2.97. The lowest BCUT2D eigenvalue weighted by Crippen LogP contribution is -2.30. The predicted octanol–water partition coefficient (Wildman–Crippen LogP) is 1.93. The Bertz CT molecular complexity index is 411. The summed E-state index contributed by atoms with van der Waals surface area (Å²) in [4.78, 5) is 8.48. The third kappa shape index (κ3) is 2.39. The molecule has 2 fully saturated rings. The number of aryl methyl sites for hydroxylation is 2. The molecule has 4 heteroatoms. The number of aromatic nitrogens is 1. The van der Waals surface area contributed by atoms with Crippen LogP contribution >= 0.6 is 11.3 Å². The zero-order chi connectivity index (χ0) is 12.0. The minimum atomic E-state index is 0.391. The van der Waals surface area contributed by atoms with Crippen molar-refractivity contribution in [2.45, 2.75) is 39.3 Å². The van der Waals surface area contributed by atoms with Gasteiger partial charge in [-0.15, -0.1) is 11.3 Å². The van der Waals surface area contributed by atoms with Gasteiger partial charge in [0.15, 0.2) is 0 Å². The standard InChI is InChI=1S/C13H21N3S/c1-8-13(15-9(2)17-8)7-16-5-11(10-3-4-10)12(14)6-16/h10-12H,3-7,14H2,1-2H3/t11-,12+/m1/s1. The van der Waals surface area contributed by atoms with E-state index in [2.05, 4.69) is 23.7 Å². The molecule has 0 radical (unpaired) electrons. The minimum Gasteiger partial charge on any atom is -0.326 e. The Hall–Kier alpha value is -0.450. The summed E-state index contributed by atoms with van der Waals surface area (Å²) in [6.45, 7) is 7.49. The van der Waals surface area contributed by atoms with E-state index in [4.69, 9.17) is 5.73 Å². The van der Waals surface area contributed by atoms with E-state index >= 15 is 0 Å². The molecule has 3 rings (SSSR count). The molecule has 1 saturated carbocycles. The monoisotopic (exact) mass is 251 g/mol. The molecule has 1 aromatic heterocycles. The largest absolute Gasteiger partial charge is 0.326 e. The van der Waals surface area contributed by atoms with E-state index < -0.39 is 0 Å². The summed E-state index contributed by atoms with van der Waals surface area (Å²) in [7, 11) is 0. The number of hydrogen-bond acceptors (Lipinski definition) is 4. The number of nitrogens with two attached hydrogens (primary N) is 1. The van der Waals surface area contributed by atoms with Crippen LogP contribution in [-0.4, -0.2) is 29.0 Å². The van der Waals surface area contributed by atoms with Crippen molar-refractivity contribution in [3.8, 4) is 0 Å². The van der Waals surface area contributed by atoms with Crippen molar-refractivity contribution >= 4 is 11.3 Å². The molecule has 0 bridgehead atoms. The van der Waals surface area contributed by atoms with Crippen LogP contribution in [-0.2, 0) is 6.54 Å². The molecule has 1 aliphatic carbocycles. The molecule has 1 saturated heterocycles. The second-order valence-electron chi connectivity index (χ2n) is 5.59. The van der Waals surface area contributed by atoms with Crippen LogP contribution in [0.1, 0.15) is 28.4 Å². The van der Waals surface area contributed by atoms with Crippen LogP contribution in [0.3, 0.4) is 0 Å². The summed E-state index contributed by atoms with van der Waals surface area (Å²) in [5.74, 6) is 1.67. The molecule has 0 unspecified atom stereocenters. The van der Waals surface area contributed by atoms with Crippen LogP contribution in [0, 0.1) is 25.7 Å². The molecule has 17 heavy (non-hydrogen) atoms. The van der Waals surface area contributed by atoms with Gasteiger partial charge in [-0.2, -0.15) is 0 Å². The summed E-state index contributed by atoms with van der Waals surface area (Å²) in [5.41, 5.74) is 7.51. The van der Waals surface area contributed by atoms with Crippen molar-refractivity contribution in [2.24, 2.45) is 17.6 Å². The van der Waals surface area contributed by atoms with E-state index in [0.717, 1.165) is 24.9 Å². The minimum absolute atomic E-state index is 0.391. The van der Waals surface area contributed by atoms with E-state index in [0.29, 0.717) is 6.04 Å². The van der Waals surface area contributed by atoms with Crippen LogP contribution < -0.4 is 5.73 Å². The van der Waals surface area contributed by atoms with Gasteiger partial charge in [0.25, 0.3) is 0 Å². The molecule has 1 aliphatic heterocycles. The number of rotatable bonds is 3. The summed E-state index contributed by atoms with van der Waals surface area (Å²) in [6.07, 6.45) is 2.81. The second-order valence-corrected chi connectivity index (χ2v) is 7.00. The zero-order valence-corrected chi connectivity index (χ0v) is 11.5. The third-order valence-corrected chi connectivity index (χ3v) is 5.02. The van der Waals surface area contributed by atoms with Gasteiger partial charge in [0.2, 0.25) is 0 Å². The molecule has 2 aliphatic rings. The molecule has 2 atom stereocenters. The highest BCUT2D eigenvalue weighted by atomic mass is 32.1. The first-order valence-electron chi connectivity index (χ1n) is 6.54. The lowest BCUT2D eigenvalue weighted by Gasteiger charge is -2.14. The highest BCUT2D eigenvalue weighted by molar-refractivity contribution is 7.11. The highest BCUT2D eigenvalue weighted by Crippen LogP contribution is 2.41. The summed E-state index contributed by atoms with van der Waals surface area (Å²) in [6, 6.07) is 0.391. The van der Waals surface area contributed by atoms with Crippen molar-refractivity contribution in [3.63, 3.8) is 0 Å². The fraction of sp³-hybridized carbons (Fsp3) is 0.769. The first-order valence-corrected chi connectivity index (χ1v) is 7.36. The fourth-order valence-electron chi connectivity index (χ4n) is 3.02. The first kappa shape index (κ1) is 11.6. The first-order chi connectivity index (χ1) is 8.13. The van der Waals surface area contributed by atoms with Gasteiger partial charge in [-0.25, -0.2) is 4.98 Å². The molecule has 2 N–H and O–H groups in total. The number of likely N-dealkylation sites (tertiary alicyclic amines) is 1. The maximum atomic E-state index is 6.25. The van der Waals surface area contributed by atoms with Gasteiger partial charge in [0.05, 0.1) is 10.7 Å². The molecular formula is C13H21N3S. The lowest BCUT2D eigenvalue weighted by molar-refractivity contribution is 0.306. The lowest BCUT2D eigenvalue weighted by atomic mass is 9.99. The van der Waals surface area contributed by atoms with Crippen molar-refractivity contribution in [1.82, 2.24) is 9.88 Å². The van der Waals surface area contributed by atoms with Gasteiger partial charge in [-0.3, -0.25) is 4.90 Å². The maximum Gasteiger partial charge on any atom is 0.0900 e. The van der Waals surface area contributed by atoms with Crippen molar-refractivity contribution in [1.29, 1.82) is 0 Å². The Labute approximate surface area is 107 Å². The average molecular weight is 251 g/mol. The van der Waals surface area contributed by atoms with Crippen molar-refractivity contribution in [3.05, 3.63) is 15.6 Å². The fourth-order valence-corrected chi connectivity index (χ4v) is 3.85. The topological polar surface area (TPSA) is 42.2 Å². The zero-order valence-electron chi connectivity index (χ0n) is 10.6. The molecule has 3 nitrogen and oxygen atoms in total.